The molecule has 0 heterocycles. The zero-order valence-corrected chi connectivity index (χ0v) is 19.2. The van der Waals surface area contributed by atoms with Gasteiger partial charge in [0.25, 0.3) is 11.8 Å². The lowest BCUT2D eigenvalue weighted by atomic mass is 10.1. The average Bonchev–Trinajstić information content (AvgIpc) is 2.89. The highest BCUT2D eigenvalue weighted by Crippen LogP contribution is 2.20. The summed E-state index contributed by atoms with van der Waals surface area (Å²) in [5.74, 6) is -0.288. The van der Waals surface area contributed by atoms with Gasteiger partial charge < -0.3 is 20.7 Å². The second kappa shape index (κ2) is 11.0. The molecule has 0 radical (unpaired) electrons. The van der Waals surface area contributed by atoms with Crippen molar-refractivity contribution in [2.24, 2.45) is 0 Å². The predicted molar refractivity (Wildman–Crippen MR) is 137 cm³/mol. The van der Waals surface area contributed by atoms with Gasteiger partial charge in [-0.25, -0.2) is 0 Å². The maximum Gasteiger partial charge on any atom is 0.255 e. The Bertz CT molecular complexity index is 1370. The minimum absolute atomic E-state index is 0.110. The lowest BCUT2D eigenvalue weighted by Gasteiger charge is -2.12. The maximum atomic E-state index is 12.7. The lowest BCUT2D eigenvalue weighted by molar-refractivity contribution is -0.116. The topological polar surface area (TPSA) is 96.5 Å². The Morgan fingerprint density at radius 2 is 1.46 bits per heavy atom. The fourth-order valence-electron chi connectivity index (χ4n) is 3.60. The van der Waals surface area contributed by atoms with E-state index < -0.39 is 0 Å². The Morgan fingerprint density at radius 1 is 0.743 bits per heavy atom. The van der Waals surface area contributed by atoms with E-state index in [2.05, 4.69) is 16.0 Å². The van der Waals surface area contributed by atoms with Gasteiger partial charge in [-0.15, -0.1) is 0 Å². The molecule has 7 nitrogen and oxygen atoms in total. The van der Waals surface area contributed by atoms with Gasteiger partial charge in [-0.2, -0.15) is 0 Å². The van der Waals surface area contributed by atoms with Crippen LogP contribution in [0.4, 0.5) is 11.4 Å². The van der Waals surface area contributed by atoms with Gasteiger partial charge in [-0.05, 0) is 59.3 Å². The fourth-order valence-corrected chi connectivity index (χ4v) is 3.60. The van der Waals surface area contributed by atoms with Crippen molar-refractivity contribution in [1.29, 1.82) is 0 Å². The molecule has 0 aromatic heterocycles. The summed E-state index contributed by atoms with van der Waals surface area (Å²) < 4.78 is 5.11. The first-order chi connectivity index (χ1) is 17.0. The smallest absolute Gasteiger partial charge is 0.255 e. The normalized spacial score (nSPS) is 10.4. The quantitative estimate of drug-likeness (QED) is 0.345. The number of rotatable bonds is 8. The van der Waals surface area contributed by atoms with Crippen LogP contribution in [0.5, 0.6) is 5.75 Å². The predicted octanol–water partition coefficient (Wildman–Crippen LogP) is 4.86. The van der Waals surface area contributed by atoms with E-state index in [1.165, 1.54) is 0 Å². The number of benzene rings is 4. The molecule has 4 aromatic carbocycles. The van der Waals surface area contributed by atoms with Crippen LogP contribution in [-0.2, 0) is 4.79 Å². The van der Waals surface area contributed by atoms with Crippen LogP contribution in [0.25, 0.3) is 10.8 Å². The molecule has 7 heteroatoms. The Morgan fingerprint density at radius 3 is 2.23 bits per heavy atom. The van der Waals surface area contributed by atoms with Crippen molar-refractivity contribution in [1.82, 2.24) is 5.32 Å². The molecule has 176 valence electrons. The summed E-state index contributed by atoms with van der Waals surface area (Å²) in [7, 11) is 1.55. The van der Waals surface area contributed by atoms with Gasteiger partial charge in [0.1, 0.15) is 5.75 Å². The Balaban J connectivity index is 1.32. The van der Waals surface area contributed by atoms with Crippen molar-refractivity contribution >= 4 is 39.9 Å². The van der Waals surface area contributed by atoms with Crippen LogP contribution in [0.3, 0.4) is 0 Å². The summed E-state index contributed by atoms with van der Waals surface area (Å²) in [6.45, 7) is 0.152. The van der Waals surface area contributed by atoms with Crippen LogP contribution >= 0.6 is 0 Å². The second-order valence-corrected chi connectivity index (χ2v) is 7.84. The number of anilines is 2. The summed E-state index contributed by atoms with van der Waals surface area (Å²) in [6.07, 6.45) is 0.110. The van der Waals surface area contributed by atoms with Crippen molar-refractivity contribution in [3.8, 4) is 5.75 Å². The van der Waals surface area contributed by atoms with E-state index in [-0.39, 0.29) is 30.7 Å². The molecule has 0 fully saturated rings. The van der Waals surface area contributed by atoms with E-state index >= 15 is 0 Å². The Labute approximate surface area is 203 Å². The van der Waals surface area contributed by atoms with E-state index in [9.17, 15) is 14.4 Å². The molecule has 0 aliphatic rings. The van der Waals surface area contributed by atoms with Crippen molar-refractivity contribution in [2.75, 3.05) is 24.3 Å². The number of carbonyl (C=O) groups is 3. The summed E-state index contributed by atoms with van der Waals surface area (Å²) in [5.41, 5.74) is 1.83. The van der Waals surface area contributed by atoms with E-state index in [1.807, 2.05) is 42.5 Å². The summed E-state index contributed by atoms with van der Waals surface area (Å²) in [6, 6.07) is 27.0. The van der Waals surface area contributed by atoms with E-state index in [0.717, 1.165) is 10.8 Å². The molecule has 0 aliphatic heterocycles. The van der Waals surface area contributed by atoms with Gasteiger partial charge in [0.2, 0.25) is 5.91 Å². The number of methoxy groups -OCH3 is 1. The van der Waals surface area contributed by atoms with Gasteiger partial charge in [0.05, 0.1) is 18.4 Å². The number of para-hydroxylation sites is 1. The average molecular weight is 468 g/mol. The number of hydrogen-bond donors (Lipinski definition) is 3. The molecule has 0 aliphatic carbocycles. The second-order valence-electron chi connectivity index (χ2n) is 7.84. The Hall–Kier alpha value is -4.65. The van der Waals surface area contributed by atoms with Crippen molar-refractivity contribution in [3.05, 3.63) is 102 Å². The van der Waals surface area contributed by atoms with Crippen LogP contribution < -0.4 is 20.7 Å². The number of amides is 3. The van der Waals surface area contributed by atoms with E-state index in [4.69, 9.17) is 4.74 Å². The third kappa shape index (κ3) is 6.03. The molecule has 4 rings (SSSR count). The monoisotopic (exact) mass is 467 g/mol. The van der Waals surface area contributed by atoms with Crippen molar-refractivity contribution in [2.45, 2.75) is 6.42 Å². The first-order valence-corrected chi connectivity index (χ1v) is 11.1. The molecule has 0 unspecified atom stereocenters. The third-order valence-electron chi connectivity index (χ3n) is 5.44. The van der Waals surface area contributed by atoms with Crippen LogP contribution in [-0.4, -0.2) is 31.4 Å². The van der Waals surface area contributed by atoms with Crippen molar-refractivity contribution < 1.29 is 19.1 Å². The zero-order chi connectivity index (χ0) is 24.6. The zero-order valence-electron chi connectivity index (χ0n) is 19.2. The van der Waals surface area contributed by atoms with Gasteiger partial charge in [0, 0.05) is 24.2 Å². The lowest BCUT2D eigenvalue weighted by Crippen LogP contribution is -2.28. The molecular formula is C28H25N3O4. The van der Waals surface area contributed by atoms with Gasteiger partial charge in [0.15, 0.2) is 0 Å². The minimum Gasteiger partial charge on any atom is -0.497 e. The van der Waals surface area contributed by atoms with Gasteiger partial charge in [-0.1, -0.05) is 42.5 Å². The van der Waals surface area contributed by atoms with Crippen LogP contribution in [0.1, 0.15) is 27.1 Å². The number of ether oxygens (including phenoxy) is 1. The van der Waals surface area contributed by atoms with E-state index in [1.54, 1.807) is 55.6 Å². The standard InChI is InChI=1S/C28H25N3O4/c1-35-23-14-11-20(12-15-23)27(33)31-25-9-5-4-8-24(25)28(34)29-17-16-26(32)30-22-13-10-19-6-2-3-7-21(19)18-22/h2-15,18H,16-17H2,1H3,(H,29,34)(H,30,32)(H,31,33). The molecule has 3 amide bonds. The molecule has 4 aromatic rings. The summed E-state index contributed by atoms with van der Waals surface area (Å²) in [4.78, 5) is 37.7. The summed E-state index contributed by atoms with van der Waals surface area (Å²) in [5, 5.41) is 10.5. The number of hydrogen-bond acceptors (Lipinski definition) is 4. The van der Waals surface area contributed by atoms with Crippen molar-refractivity contribution in [3.63, 3.8) is 0 Å². The molecule has 0 saturated heterocycles. The highest BCUT2D eigenvalue weighted by molar-refractivity contribution is 6.09. The molecule has 35 heavy (non-hydrogen) atoms. The third-order valence-corrected chi connectivity index (χ3v) is 5.44. The first-order valence-electron chi connectivity index (χ1n) is 11.1. The highest BCUT2D eigenvalue weighted by atomic mass is 16.5. The maximum absolute atomic E-state index is 12.7. The molecule has 0 atom stereocenters. The minimum atomic E-state index is -0.380. The number of fused-ring (bicyclic) bond motifs is 1. The number of carbonyl (C=O) groups excluding carboxylic acids is 3. The van der Waals surface area contributed by atoms with E-state index in [0.29, 0.717) is 28.3 Å². The first kappa shape index (κ1) is 23.5. The fraction of sp³-hybridized carbons (Fsp3) is 0.107. The highest BCUT2D eigenvalue weighted by Gasteiger charge is 2.14. The molecular weight excluding hydrogens is 442 g/mol. The summed E-state index contributed by atoms with van der Waals surface area (Å²) >= 11 is 0. The SMILES string of the molecule is COc1ccc(C(=O)Nc2ccccc2C(=O)NCCC(=O)Nc2ccc3ccccc3c2)cc1. The van der Waals surface area contributed by atoms with Gasteiger partial charge in [-0.3, -0.25) is 14.4 Å². The molecule has 0 saturated carbocycles. The number of nitrogens with one attached hydrogen (secondary N) is 3. The van der Waals surface area contributed by atoms with Gasteiger partial charge >= 0.3 is 0 Å². The molecule has 0 bridgehead atoms. The Kier molecular flexibility index (Phi) is 7.37. The van der Waals surface area contributed by atoms with Crippen LogP contribution in [0.2, 0.25) is 0 Å². The molecule has 3 N–H and O–H groups in total. The molecule has 0 spiro atoms. The van der Waals surface area contributed by atoms with Crippen LogP contribution in [0.15, 0.2) is 91.0 Å². The largest absolute Gasteiger partial charge is 0.497 e. The van der Waals surface area contributed by atoms with Crippen LogP contribution in [0, 0.1) is 0 Å².